The summed E-state index contributed by atoms with van der Waals surface area (Å²) in [6.07, 6.45) is 0. The molecule has 0 saturated carbocycles. The molecule has 0 heterocycles. The van der Waals surface area contributed by atoms with Gasteiger partial charge in [-0.1, -0.05) is 117 Å². The molecule has 6 aromatic carbocycles. The Morgan fingerprint density at radius 2 is 0.652 bits per heavy atom. The van der Waals surface area contributed by atoms with E-state index in [1.807, 2.05) is 52.0 Å². The summed E-state index contributed by atoms with van der Waals surface area (Å²) in [7, 11) is -4.29. The van der Waals surface area contributed by atoms with Crippen LogP contribution in [0.5, 0.6) is 40.2 Å². The van der Waals surface area contributed by atoms with E-state index in [2.05, 4.69) is 184 Å². The van der Waals surface area contributed by atoms with Gasteiger partial charge in [0.2, 0.25) is 0 Å². The zero-order chi connectivity index (χ0) is 51.0. The van der Waals surface area contributed by atoms with Gasteiger partial charge in [-0.15, -0.1) is 0 Å². The summed E-state index contributed by atoms with van der Waals surface area (Å²) in [5, 5.41) is 0. The quantitative estimate of drug-likeness (QED) is 0.101. The molecule has 7 nitrogen and oxygen atoms in total. The Labute approximate surface area is 417 Å². The highest BCUT2D eigenvalue weighted by molar-refractivity contribution is 7.43. The van der Waals surface area contributed by atoms with E-state index in [1.54, 1.807) is 0 Å². The summed E-state index contributed by atoms with van der Waals surface area (Å²) >= 11 is 0. The minimum Gasteiger partial charge on any atom is -0.488 e. The fraction of sp³-hybridized carbons (Fsp3) is 0.400. The van der Waals surface area contributed by atoms with Crippen LogP contribution in [0, 0.1) is 55.4 Å². The van der Waals surface area contributed by atoms with E-state index in [0.29, 0.717) is 40.2 Å². The van der Waals surface area contributed by atoms with Gasteiger partial charge in [0, 0.05) is 22.3 Å². The topological polar surface area (TPSA) is 64.6 Å². The minimum atomic E-state index is -2.15. The summed E-state index contributed by atoms with van der Waals surface area (Å²) in [5.74, 6) is 4.65. The van der Waals surface area contributed by atoms with Crippen molar-refractivity contribution in [2.24, 2.45) is 0 Å². The summed E-state index contributed by atoms with van der Waals surface area (Å²) in [6, 6.07) is 33.5. The van der Waals surface area contributed by atoms with E-state index in [-0.39, 0.29) is 5.41 Å². The van der Waals surface area contributed by atoms with E-state index >= 15 is 0 Å². The van der Waals surface area contributed by atoms with Crippen molar-refractivity contribution in [3.05, 3.63) is 158 Å². The van der Waals surface area contributed by atoms with Gasteiger partial charge in [-0.25, -0.2) is 0 Å². The third-order valence-corrected chi connectivity index (χ3v) is 13.8. The lowest BCUT2D eigenvalue weighted by atomic mass is 9.77. The lowest BCUT2D eigenvalue weighted by molar-refractivity contribution is 0.130. The molecule has 0 aliphatic rings. The molecule has 0 unspecified atom stereocenters. The van der Waals surface area contributed by atoms with Gasteiger partial charge >= 0.3 is 17.2 Å². The van der Waals surface area contributed by atoms with Crippen molar-refractivity contribution < 1.29 is 31.9 Å². The Hall–Kier alpha value is -5.22. The van der Waals surface area contributed by atoms with Crippen LogP contribution in [0.1, 0.15) is 144 Å². The fourth-order valence-electron chi connectivity index (χ4n) is 7.59. The Morgan fingerprint density at radius 3 is 0.957 bits per heavy atom. The van der Waals surface area contributed by atoms with Crippen molar-refractivity contribution in [3.8, 4) is 51.4 Å². The van der Waals surface area contributed by atoms with Crippen molar-refractivity contribution in [1.82, 2.24) is 0 Å². The van der Waals surface area contributed by atoms with E-state index in [4.69, 9.17) is 31.9 Å². The molecule has 0 spiro atoms. The molecule has 0 radical (unpaired) electrons. The molecule has 0 aromatic heterocycles. The first-order valence-corrected chi connectivity index (χ1v) is 26.2. The van der Waals surface area contributed by atoms with Crippen LogP contribution in [0.15, 0.2) is 97.1 Å². The molecule has 0 N–H and O–H groups in total. The summed E-state index contributed by atoms with van der Waals surface area (Å²) < 4.78 is 49.5. The molecule has 6 rings (SSSR count). The Balaban J connectivity index is 1.71. The molecule has 0 atom stereocenters. The van der Waals surface area contributed by atoms with Gasteiger partial charge in [0.05, 0.1) is 0 Å². The molecule has 0 aliphatic carbocycles. The first kappa shape index (κ1) is 53.1. The minimum absolute atomic E-state index is 0.264. The Morgan fingerprint density at radius 1 is 0.333 bits per heavy atom. The lowest BCUT2D eigenvalue weighted by Crippen LogP contribution is -2.24. The standard InChI is InChI=1S/C60H76O7P2/c1-37-21-25-41(5)51(29-37)62-68(63-52-30-38(2)22-26-42(52)6)66-55-47(33-45(57(9,10)11)34-49(55)58(12,13)14)48-35-46(61-60(18,19)20)36-50(59(15,16)17)56(48)67-69(64-53-31-39(3)23-27-43(53)7)65-54-32-40(4)24-28-44(54)8/h21-36H,1-20H3. The first-order valence-electron chi connectivity index (χ1n) is 24.0. The Kier molecular flexibility index (Phi) is 15.9. The van der Waals surface area contributed by atoms with Gasteiger partial charge in [-0.05, 0) is 185 Å². The second-order valence-corrected chi connectivity index (χ2v) is 24.8. The summed E-state index contributed by atoms with van der Waals surface area (Å²) in [5.41, 5.74) is 11.1. The van der Waals surface area contributed by atoms with Crippen molar-refractivity contribution in [2.45, 2.75) is 160 Å². The number of rotatable bonds is 14. The maximum Gasteiger partial charge on any atom is 0.530 e. The maximum atomic E-state index is 7.47. The number of hydrogen-bond acceptors (Lipinski definition) is 7. The highest BCUT2D eigenvalue weighted by atomic mass is 31.2. The monoisotopic (exact) mass is 971 g/mol. The van der Waals surface area contributed by atoms with Crippen LogP contribution in [0.2, 0.25) is 0 Å². The van der Waals surface area contributed by atoms with E-state index in [1.165, 1.54) is 0 Å². The van der Waals surface area contributed by atoms with Gasteiger partial charge in [0.15, 0.2) is 0 Å². The first-order chi connectivity index (χ1) is 31.9. The lowest BCUT2D eigenvalue weighted by Gasteiger charge is -2.33. The molecule has 368 valence electrons. The van der Waals surface area contributed by atoms with Crippen molar-refractivity contribution in [2.75, 3.05) is 0 Å². The molecule has 0 saturated heterocycles. The van der Waals surface area contributed by atoms with Gasteiger partial charge in [-0.3, -0.25) is 0 Å². The molecule has 0 bridgehead atoms. The van der Waals surface area contributed by atoms with Crippen LogP contribution in [0.25, 0.3) is 11.1 Å². The fourth-order valence-corrected chi connectivity index (χ4v) is 9.94. The second kappa shape index (κ2) is 20.6. The average molecular weight is 971 g/mol. The van der Waals surface area contributed by atoms with Crippen LogP contribution >= 0.6 is 17.2 Å². The van der Waals surface area contributed by atoms with Gasteiger partial charge in [0.1, 0.15) is 45.8 Å². The molecular formula is C60H76O7P2. The highest BCUT2D eigenvalue weighted by Gasteiger charge is 2.36. The number of aryl methyl sites for hydroxylation is 8. The third kappa shape index (κ3) is 13.8. The smallest absolute Gasteiger partial charge is 0.488 e. The molecule has 0 aliphatic heterocycles. The number of ether oxygens (including phenoxy) is 1. The molecule has 6 aromatic rings. The number of hydrogen-bond donors (Lipinski definition) is 0. The van der Waals surface area contributed by atoms with Crippen molar-refractivity contribution >= 4 is 17.2 Å². The van der Waals surface area contributed by atoms with Crippen molar-refractivity contribution in [1.29, 1.82) is 0 Å². The maximum absolute atomic E-state index is 7.47. The molecule has 9 heteroatoms. The molecule has 0 amide bonds. The molecule has 69 heavy (non-hydrogen) atoms. The van der Waals surface area contributed by atoms with Crippen LogP contribution < -0.4 is 31.9 Å². The second-order valence-electron chi connectivity index (χ2n) is 22.8. The normalized spacial score (nSPS) is 12.3. The van der Waals surface area contributed by atoms with Gasteiger partial charge in [-0.2, -0.15) is 0 Å². The van der Waals surface area contributed by atoms with E-state index in [0.717, 1.165) is 72.3 Å². The van der Waals surface area contributed by atoms with E-state index in [9.17, 15) is 0 Å². The van der Waals surface area contributed by atoms with Crippen LogP contribution in [0.4, 0.5) is 0 Å². The van der Waals surface area contributed by atoms with Crippen LogP contribution in [0.3, 0.4) is 0 Å². The molecular weight excluding hydrogens is 895 g/mol. The van der Waals surface area contributed by atoms with Crippen LogP contribution in [-0.4, -0.2) is 5.60 Å². The summed E-state index contributed by atoms with van der Waals surface area (Å²) in [4.78, 5) is 0. The van der Waals surface area contributed by atoms with E-state index < -0.39 is 33.6 Å². The molecule has 0 fully saturated rings. The largest absolute Gasteiger partial charge is 0.530 e. The predicted molar refractivity (Wildman–Crippen MR) is 290 cm³/mol. The number of benzene rings is 6. The summed E-state index contributed by atoms with van der Waals surface area (Å²) in [6.45, 7) is 42.6. The Bertz CT molecular complexity index is 2690. The SMILES string of the molecule is Cc1ccc(C)c(OP(Oc2cc(C)ccc2C)Oc2c(-c3cc(C(C)(C)C)cc(C(C)(C)C)c3OP(Oc3cc(C)ccc3C)Oc3cc(C)ccc3C)cc(OC(C)(C)C)cc2C(C)(C)C)c1. The van der Waals surface area contributed by atoms with Crippen LogP contribution in [-0.2, 0) is 16.2 Å². The zero-order valence-corrected chi connectivity index (χ0v) is 46.8. The third-order valence-electron chi connectivity index (χ3n) is 11.7. The van der Waals surface area contributed by atoms with Gasteiger partial charge < -0.3 is 31.9 Å². The zero-order valence-electron chi connectivity index (χ0n) is 45.0. The van der Waals surface area contributed by atoms with Crippen molar-refractivity contribution in [3.63, 3.8) is 0 Å². The highest BCUT2D eigenvalue weighted by Crippen LogP contribution is 2.56. The van der Waals surface area contributed by atoms with Gasteiger partial charge in [0.25, 0.3) is 0 Å². The average Bonchev–Trinajstić information content (AvgIpc) is 3.22. The predicted octanol–water partition coefficient (Wildman–Crippen LogP) is 18.4.